The molecule has 27 heavy (non-hydrogen) atoms. The summed E-state index contributed by atoms with van der Waals surface area (Å²) in [4.78, 5) is 10.8. The number of unbranched alkanes of at least 4 members (excludes halogenated alkanes) is 15. The van der Waals surface area contributed by atoms with Crippen molar-refractivity contribution in [2.24, 2.45) is 0 Å². The Morgan fingerprint density at radius 2 is 0.963 bits per heavy atom. The van der Waals surface area contributed by atoms with Crippen LogP contribution < -0.4 is 29.6 Å². The number of Topliss-reactive ketones (excluding diaryl/α,β-unsaturated/α-hetero) is 1. The fourth-order valence-electron chi connectivity index (χ4n) is 3.11. The maximum absolute atomic E-state index is 10.8. The van der Waals surface area contributed by atoms with Crippen LogP contribution in [0.4, 0.5) is 0 Å². The van der Waals surface area contributed by atoms with Crippen LogP contribution in [0.25, 0.3) is 0 Å². The maximum atomic E-state index is 10.8. The Labute approximate surface area is 189 Å². The van der Waals surface area contributed by atoms with Gasteiger partial charge in [0.1, 0.15) is 5.78 Å². The van der Waals surface area contributed by atoms with Crippen LogP contribution in [0.2, 0.25) is 0 Å². The van der Waals surface area contributed by atoms with Gasteiger partial charge in [0.05, 0.1) is 6.61 Å². The van der Waals surface area contributed by atoms with Crippen LogP contribution in [-0.2, 0) is 19.4 Å². The fraction of sp³-hybridized carbons (Fsp3) is 0.950. The molecule has 0 radical (unpaired) electrons. The Hall–Kier alpha value is 0.540. The summed E-state index contributed by atoms with van der Waals surface area (Å²) >= 11 is 0. The largest absolute Gasteiger partial charge is 1.00 e. The number of rotatable bonds is 20. The number of carbonyl (C=O) groups is 1. The van der Waals surface area contributed by atoms with E-state index in [4.69, 9.17) is 0 Å². The van der Waals surface area contributed by atoms with Crippen molar-refractivity contribution in [1.29, 1.82) is 0 Å². The molecule has 0 saturated heterocycles. The summed E-state index contributed by atoms with van der Waals surface area (Å²) in [7, 11) is -4.51. The summed E-state index contributed by atoms with van der Waals surface area (Å²) in [5.41, 5.74) is 0. The first-order valence-electron chi connectivity index (χ1n) is 10.5. The molecule has 0 atom stereocenters. The molecule has 0 aliphatic heterocycles. The van der Waals surface area contributed by atoms with E-state index >= 15 is 0 Å². The third-order valence-electron chi connectivity index (χ3n) is 4.65. The zero-order valence-electron chi connectivity index (χ0n) is 17.7. The number of carbonyl (C=O) groups excluding carboxylic acids is 1. The Morgan fingerprint density at radius 3 is 1.26 bits per heavy atom. The minimum absolute atomic E-state index is 0. The molecule has 0 aromatic heterocycles. The minimum atomic E-state index is -4.51. The van der Waals surface area contributed by atoms with Gasteiger partial charge in [-0.05, 0) is 19.8 Å². The quantitative estimate of drug-likeness (QED) is 0.132. The summed E-state index contributed by atoms with van der Waals surface area (Å²) in [5, 5.41) is 0. The van der Waals surface area contributed by atoms with E-state index in [2.05, 4.69) is 4.18 Å². The van der Waals surface area contributed by atoms with E-state index in [1.165, 1.54) is 77.0 Å². The van der Waals surface area contributed by atoms with E-state index in [0.717, 1.165) is 25.7 Å². The Balaban J connectivity index is 0. The standard InChI is InChI=1S/C20H40O5S.Na/c1-20(21)18-16-14-12-10-8-6-4-2-3-5-7-9-11-13-15-17-19-25-26(22,23)24;/h2-19H2,1H3,(H,22,23,24);/q;+1/p-1. The van der Waals surface area contributed by atoms with Crippen molar-refractivity contribution in [3.63, 3.8) is 0 Å². The molecular weight excluding hydrogens is 375 g/mol. The molecule has 0 aromatic carbocycles. The van der Waals surface area contributed by atoms with Gasteiger partial charge in [0.15, 0.2) is 0 Å². The normalized spacial score (nSPS) is 11.3. The molecule has 0 saturated carbocycles. The van der Waals surface area contributed by atoms with E-state index in [-0.39, 0.29) is 36.2 Å². The van der Waals surface area contributed by atoms with Gasteiger partial charge in [0.25, 0.3) is 0 Å². The third-order valence-corrected chi connectivity index (χ3v) is 5.11. The molecule has 0 amide bonds. The first kappa shape index (κ1) is 29.7. The molecule has 0 fully saturated rings. The number of ketones is 1. The molecule has 0 N–H and O–H groups in total. The molecule has 5 nitrogen and oxygen atoms in total. The van der Waals surface area contributed by atoms with Crippen LogP contribution in [-0.4, -0.2) is 25.4 Å². The fourth-order valence-corrected chi connectivity index (χ4v) is 3.43. The number of hydrogen-bond donors (Lipinski definition) is 0. The van der Waals surface area contributed by atoms with Gasteiger partial charge in [-0.2, -0.15) is 0 Å². The summed E-state index contributed by atoms with van der Waals surface area (Å²) in [5.74, 6) is 0.313. The van der Waals surface area contributed by atoms with E-state index in [1.807, 2.05) is 0 Å². The Morgan fingerprint density at radius 1 is 0.667 bits per heavy atom. The second-order valence-electron chi connectivity index (χ2n) is 7.34. The molecule has 0 spiro atoms. The predicted molar refractivity (Wildman–Crippen MR) is 105 cm³/mol. The van der Waals surface area contributed by atoms with Crippen LogP contribution in [0.1, 0.15) is 116 Å². The second kappa shape index (κ2) is 21.3. The molecule has 7 heteroatoms. The molecule has 0 bridgehead atoms. The minimum Gasteiger partial charge on any atom is -0.726 e. The van der Waals surface area contributed by atoms with Crippen LogP contribution in [0, 0.1) is 0 Å². The van der Waals surface area contributed by atoms with E-state index in [9.17, 15) is 17.8 Å². The summed E-state index contributed by atoms with van der Waals surface area (Å²) in [6.45, 7) is 1.69. The summed E-state index contributed by atoms with van der Waals surface area (Å²) < 4.78 is 34.9. The van der Waals surface area contributed by atoms with Crippen LogP contribution >= 0.6 is 0 Å². The summed E-state index contributed by atoms with van der Waals surface area (Å²) in [6, 6.07) is 0. The third kappa shape index (κ3) is 28.8. The molecule has 156 valence electrons. The molecular formula is C20H39NaO5S. The zero-order valence-corrected chi connectivity index (χ0v) is 20.5. The predicted octanol–water partition coefficient (Wildman–Crippen LogP) is 2.69. The molecule has 0 unspecified atom stereocenters. The SMILES string of the molecule is CC(=O)CCCCCCCCCCCCCCCCCCOS(=O)(=O)[O-].[Na+]. The molecule has 0 aliphatic carbocycles. The van der Waals surface area contributed by atoms with Crippen molar-refractivity contribution < 1.29 is 51.5 Å². The zero-order chi connectivity index (χ0) is 19.5. The van der Waals surface area contributed by atoms with Crippen LogP contribution in [0.3, 0.4) is 0 Å². The average molecular weight is 415 g/mol. The van der Waals surface area contributed by atoms with Crippen molar-refractivity contribution in [2.75, 3.05) is 6.61 Å². The second-order valence-corrected chi connectivity index (χ2v) is 8.39. The first-order chi connectivity index (χ1) is 12.4. The average Bonchev–Trinajstić information content (AvgIpc) is 2.55. The molecule has 0 aromatic rings. The molecule has 0 rings (SSSR count). The van der Waals surface area contributed by atoms with Crippen molar-refractivity contribution in [3.05, 3.63) is 0 Å². The summed E-state index contributed by atoms with van der Waals surface area (Å²) in [6.07, 6.45) is 19.9. The smallest absolute Gasteiger partial charge is 0.726 e. The van der Waals surface area contributed by atoms with E-state index in [0.29, 0.717) is 12.2 Å². The van der Waals surface area contributed by atoms with E-state index in [1.54, 1.807) is 6.92 Å². The molecule has 0 aliphatic rings. The van der Waals surface area contributed by atoms with Crippen molar-refractivity contribution in [2.45, 2.75) is 116 Å². The first-order valence-corrected chi connectivity index (χ1v) is 11.8. The van der Waals surface area contributed by atoms with Crippen molar-refractivity contribution in [1.82, 2.24) is 0 Å². The van der Waals surface area contributed by atoms with Gasteiger partial charge in [-0.3, -0.25) is 4.18 Å². The topological polar surface area (TPSA) is 83.5 Å². The van der Waals surface area contributed by atoms with Crippen LogP contribution in [0.15, 0.2) is 0 Å². The molecule has 0 heterocycles. The van der Waals surface area contributed by atoms with Gasteiger partial charge >= 0.3 is 29.6 Å². The van der Waals surface area contributed by atoms with Gasteiger partial charge in [-0.25, -0.2) is 8.42 Å². The van der Waals surface area contributed by atoms with Gasteiger partial charge < -0.3 is 9.35 Å². The van der Waals surface area contributed by atoms with Gasteiger partial charge in [-0.15, -0.1) is 0 Å². The van der Waals surface area contributed by atoms with Crippen molar-refractivity contribution >= 4 is 16.2 Å². The van der Waals surface area contributed by atoms with Crippen LogP contribution in [0.5, 0.6) is 0 Å². The van der Waals surface area contributed by atoms with E-state index < -0.39 is 10.4 Å². The van der Waals surface area contributed by atoms with Gasteiger partial charge in [0, 0.05) is 6.42 Å². The van der Waals surface area contributed by atoms with Gasteiger partial charge in [-0.1, -0.05) is 89.9 Å². The van der Waals surface area contributed by atoms with Gasteiger partial charge in [0.2, 0.25) is 10.4 Å². The van der Waals surface area contributed by atoms with Crippen molar-refractivity contribution in [3.8, 4) is 0 Å². The Bertz CT molecular complexity index is 426. The Kier molecular flexibility index (Phi) is 23.4. The number of hydrogen-bond acceptors (Lipinski definition) is 5. The maximum Gasteiger partial charge on any atom is 1.00 e. The monoisotopic (exact) mass is 414 g/mol.